The van der Waals surface area contributed by atoms with Crippen molar-refractivity contribution in [2.75, 3.05) is 11.9 Å². The van der Waals surface area contributed by atoms with Crippen molar-refractivity contribution < 1.29 is 14.3 Å². The Balaban J connectivity index is 1.84. The van der Waals surface area contributed by atoms with Crippen LogP contribution in [0.3, 0.4) is 0 Å². The summed E-state index contributed by atoms with van der Waals surface area (Å²) in [6.45, 7) is 5.99. The number of carbonyl (C=O) groups is 2. The average molecular weight is 394 g/mol. The van der Waals surface area contributed by atoms with E-state index in [4.69, 9.17) is 4.74 Å². The summed E-state index contributed by atoms with van der Waals surface area (Å²) in [5.74, 6) is -0.639. The van der Waals surface area contributed by atoms with Crippen LogP contribution in [-0.2, 0) is 11.2 Å². The molecular formula is C23H23NO3S. The first-order valence-corrected chi connectivity index (χ1v) is 10.1. The van der Waals surface area contributed by atoms with Gasteiger partial charge in [0.15, 0.2) is 0 Å². The fourth-order valence-electron chi connectivity index (χ4n) is 3.05. The second-order valence-corrected chi connectivity index (χ2v) is 7.43. The Labute approximate surface area is 169 Å². The lowest BCUT2D eigenvalue weighted by Crippen LogP contribution is -2.14. The van der Waals surface area contributed by atoms with Crippen molar-refractivity contribution in [3.8, 4) is 11.1 Å². The molecule has 0 aliphatic rings. The highest BCUT2D eigenvalue weighted by atomic mass is 32.1. The van der Waals surface area contributed by atoms with Gasteiger partial charge >= 0.3 is 5.97 Å². The van der Waals surface area contributed by atoms with Gasteiger partial charge in [-0.25, -0.2) is 4.79 Å². The van der Waals surface area contributed by atoms with E-state index in [9.17, 15) is 9.59 Å². The summed E-state index contributed by atoms with van der Waals surface area (Å²) in [5.41, 5.74) is 4.02. The van der Waals surface area contributed by atoms with E-state index in [0.717, 1.165) is 28.0 Å². The van der Waals surface area contributed by atoms with Gasteiger partial charge in [0.25, 0.3) is 5.91 Å². The zero-order valence-corrected chi connectivity index (χ0v) is 17.1. The standard InChI is InChI=1S/C23H23NO3S/c1-4-19-15(3)20(23(26)27-5-2)22(28-19)24-21(25)18-13-11-17(12-14-18)16-9-7-6-8-10-16/h6-14H,4-5H2,1-3H3,(H,24,25). The molecule has 0 fully saturated rings. The van der Waals surface area contributed by atoms with Gasteiger partial charge in [-0.2, -0.15) is 0 Å². The summed E-state index contributed by atoms with van der Waals surface area (Å²) in [6.07, 6.45) is 0.796. The van der Waals surface area contributed by atoms with Crippen LogP contribution in [-0.4, -0.2) is 18.5 Å². The summed E-state index contributed by atoms with van der Waals surface area (Å²) in [7, 11) is 0. The molecule has 0 bridgehead atoms. The van der Waals surface area contributed by atoms with E-state index in [2.05, 4.69) is 5.32 Å². The number of anilines is 1. The Kier molecular flexibility index (Phi) is 6.26. The maximum atomic E-state index is 12.7. The molecule has 5 heteroatoms. The molecule has 2 aromatic carbocycles. The van der Waals surface area contributed by atoms with Crippen LogP contribution in [0.4, 0.5) is 5.00 Å². The number of nitrogens with one attached hydrogen (secondary N) is 1. The summed E-state index contributed by atoms with van der Waals surface area (Å²) >= 11 is 1.43. The molecule has 0 spiro atoms. The SMILES string of the molecule is CCOC(=O)c1c(NC(=O)c2ccc(-c3ccccc3)cc2)sc(CC)c1C. The van der Waals surface area contributed by atoms with E-state index in [0.29, 0.717) is 22.7 Å². The van der Waals surface area contributed by atoms with Gasteiger partial charge in [0.2, 0.25) is 0 Å². The van der Waals surface area contributed by atoms with Gasteiger partial charge in [0.1, 0.15) is 5.00 Å². The van der Waals surface area contributed by atoms with Crippen LogP contribution >= 0.6 is 11.3 Å². The van der Waals surface area contributed by atoms with Crippen LogP contribution in [0.2, 0.25) is 0 Å². The van der Waals surface area contributed by atoms with Gasteiger partial charge in [0, 0.05) is 10.4 Å². The molecule has 28 heavy (non-hydrogen) atoms. The van der Waals surface area contributed by atoms with Crippen LogP contribution in [0, 0.1) is 6.92 Å². The molecule has 0 saturated carbocycles. The van der Waals surface area contributed by atoms with E-state index in [1.165, 1.54) is 11.3 Å². The molecule has 1 heterocycles. The number of carbonyl (C=O) groups excluding carboxylic acids is 2. The lowest BCUT2D eigenvalue weighted by molar-refractivity contribution is 0.0527. The minimum Gasteiger partial charge on any atom is -0.462 e. The smallest absolute Gasteiger partial charge is 0.341 e. The largest absolute Gasteiger partial charge is 0.462 e. The Morgan fingerprint density at radius 2 is 1.61 bits per heavy atom. The third-order valence-corrected chi connectivity index (χ3v) is 5.88. The van der Waals surface area contributed by atoms with Crippen LogP contribution in [0.5, 0.6) is 0 Å². The summed E-state index contributed by atoms with van der Waals surface area (Å²) in [4.78, 5) is 26.2. The number of hydrogen-bond donors (Lipinski definition) is 1. The second kappa shape index (κ2) is 8.85. The Bertz CT molecular complexity index is 975. The lowest BCUT2D eigenvalue weighted by atomic mass is 10.0. The maximum Gasteiger partial charge on any atom is 0.341 e. The van der Waals surface area contributed by atoms with Crippen LogP contribution < -0.4 is 5.32 Å². The van der Waals surface area contributed by atoms with Gasteiger partial charge in [-0.3, -0.25) is 4.79 Å². The number of rotatable bonds is 6. The maximum absolute atomic E-state index is 12.7. The summed E-state index contributed by atoms with van der Waals surface area (Å²) in [6, 6.07) is 17.4. The van der Waals surface area contributed by atoms with E-state index >= 15 is 0 Å². The van der Waals surface area contributed by atoms with E-state index in [1.807, 2.05) is 56.3 Å². The lowest BCUT2D eigenvalue weighted by Gasteiger charge is -2.08. The number of aryl methyl sites for hydroxylation is 1. The van der Waals surface area contributed by atoms with Gasteiger partial charge in [-0.05, 0) is 49.1 Å². The molecule has 0 radical (unpaired) electrons. The van der Waals surface area contributed by atoms with E-state index < -0.39 is 5.97 Å². The van der Waals surface area contributed by atoms with E-state index in [1.54, 1.807) is 19.1 Å². The topological polar surface area (TPSA) is 55.4 Å². The second-order valence-electron chi connectivity index (χ2n) is 6.33. The van der Waals surface area contributed by atoms with Gasteiger partial charge in [0.05, 0.1) is 12.2 Å². The first-order chi connectivity index (χ1) is 13.5. The molecule has 144 valence electrons. The monoisotopic (exact) mass is 393 g/mol. The molecule has 1 N–H and O–H groups in total. The van der Waals surface area contributed by atoms with Gasteiger partial charge in [-0.15, -0.1) is 11.3 Å². The third-order valence-electron chi connectivity index (χ3n) is 4.53. The molecule has 4 nitrogen and oxygen atoms in total. The Morgan fingerprint density at radius 1 is 0.964 bits per heavy atom. The number of amides is 1. The van der Waals surface area contributed by atoms with Crippen molar-refractivity contribution in [3.05, 3.63) is 76.2 Å². The molecule has 0 atom stereocenters. The normalized spacial score (nSPS) is 10.5. The fourth-order valence-corrected chi connectivity index (χ4v) is 4.18. The number of benzene rings is 2. The predicted octanol–water partition coefficient (Wildman–Crippen LogP) is 5.71. The first kappa shape index (κ1) is 19.8. The molecule has 0 unspecified atom stereocenters. The van der Waals surface area contributed by atoms with Crippen LogP contribution in [0.25, 0.3) is 11.1 Å². The van der Waals surface area contributed by atoms with Crippen molar-refractivity contribution in [2.24, 2.45) is 0 Å². The molecule has 0 aliphatic heterocycles. The van der Waals surface area contributed by atoms with Crippen molar-refractivity contribution in [3.63, 3.8) is 0 Å². The minimum absolute atomic E-state index is 0.242. The molecule has 1 aromatic heterocycles. The molecule has 3 rings (SSSR count). The van der Waals surface area contributed by atoms with Crippen LogP contribution in [0.1, 0.15) is 45.0 Å². The molecule has 0 aliphatic carbocycles. The minimum atomic E-state index is -0.398. The number of esters is 1. The number of hydrogen-bond acceptors (Lipinski definition) is 4. The molecule has 1 amide bonds. The number of ether oxygens (including phenoxy) is 1. The highest BCUT2D eigenvalue weighted by Gasteiger charge is 2.23. The Morgan fingerprint density at radius 3 is 2.21 bits per heavy atom. The summed E-state index contributed by atoms with van der Waals surface area (Å²) in [5, 5.41) is 3.45. The van der Waals surface area contributed by atoms with Crippen molar-refractivity contribution in [1.82, 2.24) is 0 Å². The van der Waals surface area contributed by atoms with Crippen molar-refractivity contribution in [1.29, 1.82) is 0 Å². The summed E-state index contributed by atoms with van der Waals surface area (Å²) < 4.78 is 5.18. The quantitative estimate of drug-likeness (QED) is 0.545. The first-order valence-electron chi connectivity index (χ1n) is 9.31. The third kappa shape index (κ3) is 4.15. The van der Waals surface area contributed by atoms with Gasteiger partial charge < -0.3 is 10.1 Å². The molecular weight excluding hydrogens is 370 g/mol. The number of thiophene rings is 1. The van der Waals surface area contributed by atoms with Crippen molar-refractivity contribution >= 4 is 28.2 Å². The molecule has 3 aromatic rings. The highest BCUT2D eigenvalue weighted by molar-refractivity contribution is 7.17. The zero-order valence-electron chi connectivity index (χ0n) is 16.2. The van der Waals surface area contributed by atoms with Crippen LogP contribution in [0.15, 0.2) is 54.6 Å². The average Bonchev–Trinajstić information content (AvgIpc) is 3.04. The van der Waals surface area contributed by atoms with Crippen molar-refractivity contribution in [2.45, 2.75) is 27.2 Å². The predicted molar refractivity (Wildman–Crippen MR) is 114 cm³/mol. The fraction of sp³-hybridized carbons (Fsp3) is 0.217. The highest BCUT2D eigenvalue weighted by Crippen LogP contribution is 2.34. The van der Waals surface area contributed by atoms with Gasteiger partial charge in [-0.1, -0.05) is 49.4 Å². The zero-order chi connectivity index (χ0) is 20.1. The molecule has 0 saturated heterocycles. The Hall–Kier alpha value is -2.92. The van der Waals surface area contributed by atoms with E-state index in [-0.39, 0.29) is 5.91 Å².